The molecule has 0 spiro atoms. The van der Waals surface area contributed by atoms with Crippen LogP contribution in [-0.2, 0) is 38.1 Å². The molecule has 0 aliphatic rings. The molecule has 1 radical (unpaired) electrons. The Morgan fingerprint density at radius 3 is 1.75 bits per heavy atom. The minimum absolute atomic E-state index is 0. The van der Waals surface area contributed by atoms with E-state index in [4.69, 9.17) is 5.26 Å². The van der Waals surface area contributed by atoms with Crippen molar-refractivity contribution in [1.82, 2.24) is 0 Å². The van der Waals surface area contributed by atoms with E-state index in [1.165, 1.54) is 0 Å². The number of nitriles is 1. The van der Waals surface area contributed by atoms with Gasteiger partial charge in [-0.15, -0.1) is 0 Å². The van der Waals surface area contributed by atoms with Crippen LogP contribution in [0, 0.1) is 9.55 Å². The monoisotopic (exact) mass is 196 g/mol. The van der Waals surface area contributed by atoms with E-state index >= 15 is 0 Å². The molecule has 31 valence electrons. The predicted molar refractivity (Wildman–Crippen MR) is 5.61 cm³/mol. The number of hydrogen-bond acceptors (Lipinski definition) is 1. The average molecular weight is 197 g/mol. The number of rotatable bonds is 0. The van der Waals surface area contributed by atoms with E-state index in [1.807, 2.05) is 0 Å². The Labute approximate surface area is 47.8 Å². The molecule has 0 heterocycles. The van der Waals surface area contributed by atoms with E-state index in [9.17, 15) is 0 Å². The largest absolute Gasteiger partial charge is 0 e. The van der Waals surface area contributed by atoms with Gasteiger partial charge in [0.05, 0.1) is 0 Å². The van der Waals surface area contributed by atoms with Gasteiger partial charge in [0.25, 0.3) is 0 Å². The molecular weight excluding hydrogens is 197 g/mol. The minimum Gasteiger partial charge on any atom is 0 e. The van der Waals surface area contributed by atoms with Crippen molar-refractivity contribution in [2.24, 2.45) is 0 Å². The summed E-state index contributed by atoms with van der Waals surface area (Å²) in [7, 11) is 0. The van der Waals surface area contributed by atoms with Gasteiger partial charge in [0.1, 0.15) is 0 Å². The molecule has 0 aliphatic carbocycles. The normalized spacial score (nSPS) is 2.25. The first kappa shape index (κ1) is 8.83. The molecule has 0 aromatic carbocycles. The van der Waals surface area contributed by atoms with Crippen LogP contribution in [0.3, 0.4) is 0 Å². The van der Waals surface area contributed by atoms with Crippen molar-refractivity contribution >= 4 is 0 Å². The first-order chi connectivity index (χ1) is 1.41. The summed E-state index contributed by atoms with van der Waals surface area (Å²) in [5.41, 5.74) is 0. The minimum atomic E-state index is 0. The van der Waals surface area contributed by atoms with Crippen LogP contribution in [0.25, 0.3) is 0 Å². The van der Waals surface area contributed by atoms with Crippen LogP contribution in [0.1, 0.15) is 0 Å². The smallest absolute Gasteiger partial charge is 0 e. The molecule has 0 atom stereocenters. The Kier molecular flexibility index (Phi) is 20.4. The fourth-order valence-corrected chi connectivity index (χ4v) is 0. The number of hydrogen-bond donors (Lipinski definition) is 0. The summed E-state index contributed by atoms with van der Waals surface area (Å²) in [4.78, 5) is 0. The Bertz CT molecular complexity index is 29.5. The van der Waals surface area contributed by atoms with Gasteiger partial charge in [-0.05, 0) is 0 Å². The molecule has 0 fully saturated rings. The SMILES string of the molecule is N#[C][Ag].[Cu]. The van der Waals surface area contributed by atoms with Crippen molar-refractivity contribution in [3.63, 3.8) is 0 Å². The molecule has 0 aromatic rings. The van der Waals surface area contributed by atoms with Crippen molar-refractivity contribution in [2.75, 3.05) is 0 Å². The van der Waals surface area contributed by atoms with E-state index in [-0.39, 0.29) is 17.1 Å². The first-order valence-electron chi connectivity index (χ1n) is 0.374. The zero-order valence-corrected chi connectivity index (χ0v) is 3.97. The van der Waals surface area contributed by atoms with Gasteiger partial charge in [-0.3, -0.25) is 0 Å². The van der Waals surface area contributed by atoms with E-state index in [0.717, 1.165) is 0 Å². The maximum absolute atomic E-state index is 7.24. The van der Waals surface area contributed by atoms with Gasteiger partial charge in [0.2, 0.25) is 0 Å². The first-order valence-corrected chi connectivity index (χ1v) is 1.12. The summed E-state index contributed by atoms with van der Waals surface area (Å²) >= 11 is 2.46. The Balaban J connectivity index is 0. The summed E-state index contributed by atoms with van der Waals surface area (Å²) in [5.74, 6) is 0. The van der Waals surface area contributed by atoms with Crippen LogP contribution in [0.4, 0.5) is 0 Å². The molecule has 4 heavy (non-hydrogen) atoms. The van der Waals surface area contributed by atoms with Crippen LogP contribution in [0.5, 0.6) is 0 Å². The fraction of sp³-hybridized carbons (Fsp3) is 0. The van der Waals surface area contributed by atoms with E-state index in [1.54, 1.807) is 4.29 Å². The molecule has 0 aliphatic heterocycles. The summed E-state index contributed by atoms with van der Waals surface area (Å²) in [6, 6.07) is 0. The zero-order valence-electron chi connectivity index (χ0n) is 1.55. The third kappa shape index (κ3) is 15.0. The van der Waals surface area contributed by atoms with Gasteiger partial charge >= 0.3 is 30.6 Å². The van der Waals surface area contributed by atoms with E-state index in [0.29, 0.717) is 0 Å². The molecule has 0 amide bonds. The fourth-order valence-electron chi connectivity index (χ4n) is 0. The zero-order chi connectivity index (χ0) is 2.71. The van der Waals surface area contributed by atoms with Gasteiger partial charge < -0.3 is 0 Å². The Morgan fingerprint density at radius 1 is 1.75 bits per heavy atom. The van der Waals surface area contributed by atoms with Crippen LogP contribution in [-0.4, -0.2) is 0 Å². The van der Waals surface area contributed by atoms with E-state index in [2.05, 4.69) is 21.1 Å². The molecule has 0 unspecified atom stereocenters. The number of nitrogens with zero attached hydrogens (tertiary/aromatic N) is 1. The van der Waals surface area contributed by atoms with Gasteiger partial charge in [-0.2, -0.15) is 0 Å². The summed E-state index contributed by atoms with van der Waals surface area (Å²) in [6.45, 7) is 0. The van der Waals surface area contributed by atoms with Crippen LogP contribution >= 0.6 is 0 Å². The third-order valence-corrected chi connectivity index (χ3v) is 0. The van der Waals surface area contributed by atoms with Crippen molar-refractivity contribution in [3.8, 4) is 4.29 Å². The standard InChI is InChI=1S/CN.Ag.Cu/c1-2;;. The van der Waals surface area contributed by atoms with Crippen LogP contribution in [0.15, 0.2) is 0 Å². The quantitative estimate of drug-likeness (QED) is 0.502. The second-order valence-electron chi connectivity index (χ2n) is 0.0674. The van der Waals surface area contributed by atoms with Crippen molar-refractivity contribution < 1.29 is 38.1 Å². The molecule has 0 N–H and O–H groups in total. The summed E-state index contributed by atoms with van der Waals surface area (Å²) in [5, 5.41) is 7.24. The molecule has 0 bridgehead atoms. The van der Waals surface area contributed by atoms with Gasteiger partial charge in [-0.25, -0.2) is 0 Å². The van der Waals surface area contributed by atoms with Crippen molar-refractivity contribution in [2.45, 2.75) is 0 Å². The van der Waals surface area contributed by atoms with Crippen molar-refractivity contribution in [1.29, 1.82) is 5.26 Å². The molecular formula is CAgCuN. The van der Waals surface area contributed by atoms with Gasteiger partial charge in [-0.1, -0.05) is 0 Å². The molecule has 1 nitrogen and oxygen atoms in total. The van der Waals surface area contributed by atoms with Crippen molar-refractivity contribution in [3.05, 3.63) is 0 Å². The Morgan fingerprint density at radius 2 is 1.75 bits per heavy atom. The molecule has 0 rings (SSSR count). The maximum Gasteiger partial charge on any atom is 0 e. The molecule has 3 heteroatoms. The second kappa shape index (κ2) is 9.26. The predicted octanol–water partition coefficient (Wildman–Crippen LogP) is 0.0118. The molecule has 0 saturated heterocycles. The topological polar surface area (TPSA) is 23.8 Å². The van der Waals surface area contributed by atoms with Gasteiger partial charge in [0.15, 0.2) is 0 Å². The van der Waals surface area contributed by atoms with Gasteiger partial charge in [0, 0.05) is 17.1 Å². The maximum atomic E-state index is 7.24. The average Bonchev–Trinajstić information content (AvgIpc) is 0.918. The summed E-state index contributed by atoms with van der Waals surface area (Å²) in [6.07, 6.45) is 0. The third-order valence-electron chi connectivity index (χ3n) is 0. The molecule has 0 aromatic heterocycles. The van der Waals surface area contributed by atoms with E-state index < -0.39 is 0 Å². The van der Waals surface area contributed by atoms with Crippen LogP contribution in [0.2, 0.25) is 0 Å². The van der Waals surface area contributed by atoms with Crippen LogP contribution < -0.4 is 0 Å². The second-order valence-corrected chi connectivity index (χ2v) is 0.399. The summed E-state index contributed by atoms with van der Waals surface area (Å²) < 4.78 is 1.56. The Hall–Kier alpha value is 0.750. The molecule has 0 saturated carbocycles.